The number of sulfonamides is 1. The number of amides is 4. The number of nitrogens with one attached hydrogen (secondary N) is 2. The number of hydrogen-bond donors (Lipinski definition) is 3. The van der Waals surface area contributed by atoms with E-state index in [0.717, 1.165) is 10.0 Å². The van der Waals surface area contributed by atoms with Crippen LogP contribution in [-0.4, -0.2) is 50.8 Å². The van der Waals surface area contributed by atoms with Crippen LogP contribution in [0.25, 0.3) is 0 Å². The minimum Gasteiger partial charge on any atom is -0.338 e. The van der Waals surface area contributed by atoms with Gasteiger partial charge in [-0.05, 0) is 48.7 Å². The van der Waals surface area contributed by atoms with Gasteiger partial charge in [0.05, 0.1) is 16.0 Å². The van der Waals surface area contributed by atoms with E-state index in [1.54, 1.807) is 30.3 Å². The lowest BCUT2D eigenvalue weighted by Crippen LogP contribution is -2.38. The summed E-state index contributed by atoms with van der Waals surface area (Å²) in [5.41, 5.74) is 1.61. The molecule has 0 radical (unpaired) electrons. The Morgan fingerprint density at radius 2 is 1.61 bits per heavy atom. The summed E-state index contributed by atoms with van der Waals surface area (Å²) in [6.45, 7) is 0.862. The van der Waals surface area contributed by atoms with Crippen LogP contribution in [0.4, 0.5) is 4.79 Å². The highest BCUT2D eigenvalue weighted by atomic mass is 79.9. The summed E-state index contributed by atoms with van der Waals surface area (Å²) < 4.78 is 23.2. The van der Waals surface area contributed by atoms with E-state index in [2.05, 4.69) is 26.6 Å². The minimum absolute atomic E-state index is 0.0349. The first-order chi connectivity index (χ1) is 14.7. The van der Waals surface area contributed by atoms with Gasteiger partial charge in [0.25, 0.3) is 11.8 Å². The largest absolute Gasteiger partial charge is 0.338 e. The molecule has 31 heavy (non-hydrogen) atoms. The van der Waals surface area contributed by atoms with Crippen LogP contribution in [0, 0.1) is 0 Å². The molecule has 3 rings (SSSR count). The molecule has 4 amide bonds. The molecule has 1 heterocycles. The molecule has 1 aliphatic rings. The second-order valence-corrected chi connectivity index (χ2v) is 9.40. The third-order valence-corrected chi connectivity index (χ3v) is 6.15. The average molecular weight is 509 g/mol. The van der Waals surface area contributed by atoms with E-state index in [1.165, 1.54) is 17.0 Å². The number of carbonyl (C=O) groups is 3. The van der Waals surface area contributed by atoms with Gasteiger partial charge in [-0.25, -0.2) is 18.4 Å². The molecule has 0 saturated carbocycles. The van der Waals surface area contributed by atoms with Crippen LogP contribution in [0.2, 0.25) is 0 Å². The monoisotopic (exact) mass is 508 g/mol. The van der Waals surface area contributed by atoms with Gasteiger partial charge in [-0.2, -0.15) is 0 Å². The fourth-order valence-corrected chi connectivity index (χ4v) is 4.01. The van der Waals surface area contributed by atoms with Crippen LogP contribution in [0.3, 0.4) is 0 Å². The fourth-order valence-electron chi connectivity index (χ4n) is 3.13. The summed E-state index contributed by atoms with van der Waals surface area (Å²) in [6, 6.07) is 10.7. The summed E-state index contributed by atoms with van der Waals surface area (Å²) in [6.07, 6.45) is 0.942. The second kappa shape index (κ2) is 9.58. The quantitative estimate of drug-likeness (QED) is 0.367. The normalized spacial score (nSPS) is 13.3. The van der Waals surface area contributed by atoms with Crippen molar-refractivity contribution in [1.29, 1.82) is 0 Å². The predicted octanol–water partition coefficient (Wildman–Crippen LogP) is 1.62. The lowest BCUT2D eigenvalue weighted by atomic mass is 10.1. The van der Waals surface area contributed by atoms with Crippen molar-refractivity contribution < 1.29 is 22.8 Å². The van der Waals surface area contributed by atoms with Crippen molar-refractivity contribution in [1.82, 2.24) is 15.5 Å². The van der Waals surface area contributed by atoms with E-state index in [4.69, 9.17) is 5.14 Å². The number of carbonyl (C=O) groups excluding carboxylic acids is 3. The van der Waals surface area contributed by atoms with Crippen molar-refractivity contribution in [2.24, 2.45) is 5.14 Å². The lowest BCUT2D eigenvalue weighted by Gasteiger charge is -2.14. The maximum Gasteiger partial charge on any atom is 0.314 e. The molecule has 0 aromatic heterocycles. The third-order valence-electron chi connectivity index (χ3n) is 4.73. The van der Waals surface area contributed by atoms with Gasteiger partial charge in [0, 0.05) is 24.1 Å². The van der Waals surface area contributed by atoms with Gasteiger partial charge >= 0.3 is 6.03 Å². The molecule has 164 valence electrons. The molecule has 0 fully saturated rings. The van der Waals surface area contributed by atoms with Crippen molar-refractivity contribution in [2.75, 3.05) is 19.6 Å². The van der Waals surface area contributed by atoms with Gasteiger partial charge in [-0.15, -0.1) is 0 Å². The number of nitrogens with two attached hydrogens (primary N) is 1. The topological polar surface area (TPSA) is 139 Å². The summed E-state index contributed by atoms with van der Waals surface area (Å²) in [5, 5.41) is 10.4. The van der Waals surface area contributed by atoms with E-state index in [0.29, 0.717) is 37.1 Å². The first-order valence-electron chi connectivity index (χ1n) is 9.46. The molecule has 11 heteroatoms. The summed E-state index contributed by atoms with van der Waals surface area (Å²) in [5.74, 6) is -0.662. The van der Waals surface area contributed by atoms with Crippen LogP contribution in [0.1, 0.15) is 32.7 Å². The number of imide groups is 1. The number of halogens is 1. The lowest BCUT2D eigenvalue weighted by molar-refractivity contribution is 0.0653. The summed E-state index contributed by atoms with van der Waals surface area (Å²) >= 11 is 3.29. The van der Waals surface area contributed by atoms with E-state index in [-0.39, 0.29) is 29.3 Å². The molecular formula is C20H21BrN4O5S. The van der Waals surface area contributed by atoms with Crippen LogP contribution >= 0.6 is 15.9 Å². The Hall–Kier alpha value is -2.76. The molecule has 1 aliphatic heterocycles. The predicted molar refractivity (Wildman–Crippen MR) is 117 cm³/mol. The molecule has 0 bridgehead atoms. The number of primary sulfonamides is 1. The Morgan fingerprint density at radius 3 is 2.29 bits per heavy atom. The van der Waals surface area contributed by atoms with E-state index >= 15 is 0 Å². The van der Waals surface area contributed by atoms with Crippen molar-refractivity contribution in [2.45, 2.75) is 17.7 Å². The Morgan fingerprint density at radius 1 is 0.968 bits per heavy atom. The Labute approximate surface area is 188 Å². The third kappa shape index (κ3) is 5.69. The maximum absolute atomic E-state index is 12.4. The zero-order chi connectivity index (χ0) is 22.6. The van der Waals surface area contributed by atoms with Crippen molar-refractivity contribution in [3.8, 4) is 0 Å². The number of benzene rings is 2. The highest BCUT2D eigenvalue weighted by molar-refractivity contribution is 9.10. The highest BCUT2D eigenvalue weighted by Gasteiger charge is 2.34. The minimum atomic E-state index is -3.72. The fraction of sp³-hybridized carbons (Fsp3) is 0.250. The van der Waals surface area contributed by atoms with E-state index in [1.807, 2.05) is 0 Å². The van der Waals surface area contributed by atoms with Crippen LogP contribution in [0.15, 0.2) is 51.8 Å². The molecule has 9 nitrogen and oxygen atoms in total. The number of nitrogens with zero attached hydrogens (tertiary/aromatic N) is 1. The molecule has 2 aromatic carbocycles. The molecule has 0 spiro atoms. The molecule has 0 unspecified atom stereocenters. The first-order valence-corrected chi connectivity index (χ1v) is 11.8. The van der Waals surface area contributed by atoms with Gasteiger partial charge in [0.2, 0.25) is 10.0 Å². The Balaban J connectivity index is 1.36. The van der Waals surface area contributed by atoms with Crippen molar-refractivity contribution in [3.63, 3.8) is 0 Å². The molecular weight excluding hydrogens is 488 g/mol. The van der Waals surface area contributed by atoms with Crippen LogP contribution in [0.5, 0.6) is 0 Å². The Kier molecular flexibility index (Phi) is 7.08. The van der Waals surface area contributed by atoms with Crippen LogP contribution < -0.4 is 15.8 Å². The van der Waals surface area contributed by atoms with E-state index < -0.39 is 10.0 Å². The number of fused-ring (bicyclic) bond motifs is 1. The Bertz CT molecular complexity index is 1120. The van der Waals surface area contributed by atoms with E-state index in [9.17, 15) is 22.8 Å². The standard InChI is InChI=1S/C20H21BrN4O5S/c21-14-4-7-16-17(12-14)19(27)25(18(16)26)11-1-9-23-20(28)24-10-8-13-2-5-15(6-3-13)31(22,29)30/h2-7,12H,1,8-11H2,(H2,22,29,30)(H2,23,24,28). The molecule has 4 N–H and O–H groups in total. The van der Waals surface area contributed by atoms with Gasteiger partial charge in [-0.3, -0.25) is 14.5 Å². The smallest absolute Gasteiger partial charge is 0.314 e. The molecule has 0 aliphatic carbocycles. The van der Waals surface area contributed by atoms with Gasteiger partial charge in [0.1, 0.15) is 0 Å². The second-order valence-electron chi connectivity index (χ2n) is 6.93. The first kappa shape index (κ1) is 22.9. The average Bonchev–Trinajstić information content (AvgIpc) is 2.95. The molecule has 2 aromatic rings. The number of urea groups is 1. The zero-order valence-corrected chi connectivity index (χ0v) is 18.8. The summed E-state index contributed by atoms with van der Waals surface area (Å²) in [7, 11) is -3.72. The zero-order valence-electron chi connectivity index (χ0n) is 16.4. The maximum atomic E-state index is 12.4. The van der Waals surface area contributed by atoms with Gasteiger partial charge in [0.15, 0.2) is 0 Å². The van der Waals surface area contributed by atoms with Gasteiger partial charge in [-0.1, -0.05) is 28.1 Å². The molecule has 0 atom stereocenters. The summed E-state index contributed by atoms with van der Waals surface area (Å²) in [4.78, 5) is 37.8. The van der Waals surface area contributed by atoms with Crippen LogP contribution in [-0.2, 0) is 16.4 Å². The molecule has 0 saturated heterocycles. The highest BCUT2D eigenvalue weighted by Crippen LogP contribution is 2.25. The van der Waals surface area contributed by atoms with Crippen molar-refractivity contribution >= 4 is 43.8 Å². The number of hydrogen-bond acceptors (Lipinski definition) is 5. The SMILES string of the molecule is NS(=O)(=O)c1ccc(CCNC(=O)NCCCN2C(=O)c3ccc(Br)cc3C2=O)cc1. The number of rotatable bonds is 8. The van der Waals surface area contributed by atoms with Crippen molar-refractivity contribution in [3.05, 3.63) is 63.6 Å². The van der Waals surface area contributed by atoms with Gasteiger partial charge < -0.3 is 10.6 Å².